The maximum Gasteiger partial charge on any atom is 0.223 e. The van der Waals surface area contributed by atoms with Crippen LogP contribution in [0, 0.1) is 11.8 Å². The fourth-order valence-corrected chi connectivity index (χ4v) is 4.60. The van der Waals surface area contributed by atoms with Crippen molar-refractivity contribution in [2.75, 3.05) is 0 Å². The Balaban J connectivity index is 1.48. The van der Waals surface area contributed by atoms with Gasteiger partial charge in [-0.05, 0) is 44.4 Å². The van der Waals surface area contributed by atoms with Crippen LogP contribution < -0.4 is 10.6 Å². The fourth-order valence-electron chi connectivity index (χ4n) is 4.60. The van der Waals surface area contributed by atoms with E-state index in [2.05, 4.69) is 17.6 Å². The summed E-state index contributed by atoms with van der Waals surface area (Å²) >= 11 is 0. The standard InChI is InChI=1S/C17H30N2O/c1-2-13(9-12-5-3-4-6-12)17(20)19-16-10-14-7-8-15(11-16)18-14/h12-16,18H,2-11H2,1H3,(H,19,20). The maximum atomic E-state index is 12.5. The highest BCUT2D eigenvalue weighted by Crippen LogP contribution is 2.32. The molecule has 1 saturated carbocycles. The van der Waals surface area contributed by atoms with E-state index in [1.807, 2.05) is 0 Å². The van der Waals surface area contributed by atoms with Gasteiger partial charge in [0.05, 0.1) is 0 Å². The Kier molecular flexibility index (Phi) is 4.65. The SMILES string of the molecule is CCC(CC1CCCC1)C(=O)NC1CC2CCC(C1)N2. The van der Waals surface area contributed by atoms with Crippen LogP contribution in [0.2, 0.25) is 0 Å². The second-order valence-corrected chi connectivity index (χ2v) is 7.31. The van der Waals surface area contributed by atoms with Gasteiger partial charge in [0.15, 0.2) is 0 Å². The number of fused-ring (bicyclic) bond motifs is 2. The second kappa shape index (κ2) is 6.46. The monoisotopic (exact) mass is 278 g/mol. The predicted octanol–water partition coefficient (Wildman–Crippen LogP) is 2.99. The quantitative estimate of drug-likeness (QED) is 0.811. The van der Waals surface area contributed by atoms with Crippen molar-refractivity contribution in [1.29, 1.82) is 0 Å². The zero-order chi connectivity index (χ0) is 13.9. The highest BCUT2D eigenvalue weighted by atomic mass is 16.1. The van der Waals surface area contributed by atoms with E-state index in [4.69, 9.17) is 0 Å². The van der Waals surface area contributed by atoms with Gasteiger partial charge in [-0.3, -0.25) is 4.79 Å². The lowest BCUT2D eigenvalue weighted by Gasteiger charge is -2.31. The molecule has 2 N–H and O–H groups in total. The minimum atomic E-state index is 0.255. The summed E-state index contributed by atoms with van der Waals surface area (Å²) in [5, 5.41) is 7.01. The highest BCUT2D eigenvalue weighted by Gasteiger charge is 2.35. The average molecular weight is 278 g/mol. The summed E-state index contributed by atoms with van der Waals surface area (Å²) < 4.78 is 0. The van der Waals surface area contributed by atoms with Gasteiger partial charge >= 0.3 is 0 Å². The molecule has 2 aliphatic heterocycles. The normalized spacial score (nSPS) is 35.1. The predicted molar refractivity (Wildman–Crippen MR) is 81.5 cm³/mol. The van der Waals surface area contributed by atoms with Crippen LogP contribution in [0.25, 0.3) is 0 Å². The fraction of sp³-hybridized carbons (Fsp3) is 0.941. The van der Waals surface area contributed by atoms with Gasteiger partial charge in [0, 0.05) is 24.0 Å². The van der Waals surface area contributed by atoms with E-state index >= 15 is 0 Å². The number of amides is 1. The molecule has 2 bridgehead atoms. The number of carbonyl (C=O) groups excluding carboxylic acids is 1. The molecular formula is C17H30N2O. The molecule has 0 aromatic rings. The molecule has 3 rings (SSSR count). The summed E-state index contributed by atoms with van der Waals surface area (Å²) in [4.78, 5) is 12.5. The molecule has 3 nitrogen and oxygen atoms in total. The van der Waals surface area contributed by atoms with Crippen LogP contribution in [0.1, 0.15) is 71.1 Å². The lowest BCUT2D eigenvalue weighted by atomic mass is 9.90. The van der Waals surface area contributed by atoms with Crippen molar-refractivity contribution in [1.82, 2.24) is 10.6 Å². The molecule has 3 fully saturated rings. The first-order valence-electron chi connectivity index (χ1n) is 8.81. The first-order valence-corrected chi connectivity index (χ1v) is 8.81. The van der Waals surface area contributed by atoms with Crippen LogP contribution in [0.15, 0.2) is 0 Å². The van der Waals surface area contributed by atoms with Crippen molar-refractivity contribution in [3.8, 4) is 0 Å². The average Bonchev–Trinajstić information content (AvgIpc) is 3.06. The van der Waals surface area contributed by atoms with Gasteiger partial charge in [-0.1, -0.05) is 32.6 Å². The molecule has 0 aromatic carbocycles. The van der Waals surface area contributed by atoms with Gasteiger partial charge < -0.3 is 10.6 Å². The molecule has 1 amide bonds. The summed E-state index contributed by atoms with van der Waals surface area (Å²) in [6, 6.07) is 1.75. The number of piperidine rings is 1. The Morgan fingerprint density at radius 1 is 1.15 bits per heavy atom. The Morgan fingerprint density at radius 2 is 1.80 bits per heavy atom. The van der Waals surface area contributed by atoms with Crippen molar-refractivity contribution in [3.63, 3.8) is 0 Å². The van der Waals surface area contributed by atoms with E-state index in [1.165, 1.54) is 38.5 Å². The molecular weight excluding hydrogens is 248 g/mol. The lowest BCUT2D eigenvalue weighted by Crippen LogP contribution is -2.49. The van der Waals surface area contributed by atoms with Crippen LogP contribution in [0.5, 0.6) is 0 Å². The molecule has 1 aliphatic carbocycles. The van der Waals surface area contributed by atoms with Crippen LogP contribution in [-0.2, 0) is 4.79 Å². The molecule has 2 saturated heterocycles. The lowest BCUT2D eigenvalue weighted by molar-refractivity contribution is -0.126. The number of hydrogen-bond acceptors (Lipinski definition) is 2. The molecule has 3 heteroatoms. The first-order chi connectivity index (χ1) is 9.74. The number of rotatable bonds is 5. The Labute approximate surface area is 123 Å². The van der Waals surface area contributed by atoms with Crippen LogP contribution in [0.4, 0.5) is 0 Å². The third-order valence-electron chi connectivity index (χ3n) is 5.78. The van der Waals surface area contributed by atoms with Crippen molar-refractivity contribution in [2.45, 2.75) is 89.3 Å². The van der Waals surface area contributed by atoms with E-state index in [-0.39, 0.29) is 5.92 Å². The van der Waals surface area contributed by atoms with E-state index in [1.54, 1.807) is 0 Å². The largest absolute Gasteiger partial charge is 0.353 e. The third kappa shape index (κ3) is 3.36. The van der Waals surface area contributed by atoms with Crippen LogP contribution in [-0.4, -0.2) is 24.0 Å². The Hall–Kier alpha value is -0.570. The minimum absolute atomic E-state index is 0.255. The van der Waals surface area contributed by atoms with E-state index in [0.717, 1.165) is 31.6 Å². The first kappa shape index (κ1) is 14.4. The molecule has 0 aromatic heterocycles. The molecule has 3 atom stereocenters. The Morgan fingerprint density at radius 3 is 2.40 bits per heavy atom. The topological polar surface area (TPSA) is 41.1 Å². The van der Waals surface area contributed by atoms with Gasteiger partial charge in [-0.25, -0.2) is 0 Å². The van der Waals surface area contributed by atoms with E-state index < -0.39 is 0 Å². The Bertz CT molecular complexity index is 326. The van der Waals surface area contributed by atoms with Crippen LogP contribution >= 0.6 is 0 Å². The van der Waals surface area contributed by atoms with Crippen molar-refractivity contribution in [2.24, 2.45) is 11.8 Å². The van der Waals surface area contributed by atoms with Gasteiger partial charge in [-0.2, -0.15) is 0 Å². The molecule has 0 radical (unpaired) electrons. The maximum absolute atomic E-state index is 12.5. The van der Waals surface area contributed by atoms with E-state index in [0.29, 0.717) is 24.0 Å². The van der Waals surface area contributed by atoms with E-state index in [9.17, 15) is 4.79 Å². The molecule has 3 unspecified atom stereocenters. The molecule has 0 spiro atoms. The number of hydrogen-bond donors (Lipinski definition) is 2. The second-order valence-electron chi connectivity index (χ2n) is 7.31. The smallest absolute Gasteiger partial charge is 0.223 e. The summed E-state index contributed by atoms with van der Waals surface area (Å²) in [7, 11) is 0. The molecule has 20 heavy (non-hydrogen) atoms. The summed E-state index contributed by atoms with van der Waals surface area (Å²) in [5.74, 6) is 1.41. The van der Waals surface area contributed by atoms with Crippen molar-refractivity contribution in [3.05, 3.63) is 0 Å². The van der Waals surface area contributed by atoms with Crippen molar-refractivity contribution < 1.29 is 4.79 Å². The van der Waals surface area contributed by atoms with Crippen molar-refractivity contribution >= 4 is 5.91 Å². The molecule has 3 aliphatic rings. The van der Waals surface area contributed by atoms with Gasteiger partial charge in [0.2, 0.25) is 5.91 Å². The van der Waals surface area contributed by atoms with Crippen LogP contribution in [0.3, 0.4) is 0 Å². The number of nitrogens with one attached hydrogen (secondary N) is 2. The van der Waals surface area contributed by atoms with Gasteiger partial charge in [0.25, 0.3) is 0 Å². The highest BCUT2D eigenvalue weighted by molar-refractivity contribution is 5.78. The van der Waals surface area contributed by atoms with Gasteiger partial charge in [-0.15, -0.1) is 0 Å². The molecule has 2 heterocycles. The number of carbonyl (C=O) groups is 1. The summed E-state index contributed by atoms with van der Waals surface area (Å²) in [5.41, 5.74) is 0. The zero-order valence-corrected chi connectivity index (χ0v) is 12.9. The molecule has 114 valence electrons. The summed E-state index contributed by atoms with van der Waals surface area (Å²) in [6.45, 7) is 2.17. The summed E-state index contributed by atoms with van der Waals surface area (Å²) in [6.07, 6.45) is 12.5. The van der Waals surface area contributed by atoms with Gasteiger partial charge in [0.1, 0.15) is 0 Å². The third-order valence-corrected chi connectivity index (χ3v) is 5.78. The minimum Gasteiger partial charge on any atom is -0.353 e. The zero-order valence-electron chi connectivity index (χ0n) is 12.9.